The minimum absolute atomic E-state index is 0.172. The van der Waals surface area contributed by atoms with Gasteiger partial charge >= 0.3 is 5.97 Å². The first-order chi connectivity index (χ1) is 13.6. The molecule has 3 aliphatic heterocycles. The molecule has 1 aromatic carbocycles. The van der Waals surface area contributed by atoms with E-state index < -0.39 is 11.1 Å². The van der Waals surface area contributed by atoms with Gasteiger partial charge in [0.25, 0.3) is 0 Å². The maximum absolute atomic E-state index is 12.9. The molecule has 2 spiro atoms. The molecule has 0 bridgehead atoms. The first-order valence-electron chi connectivity index (χ1n) is 10.2. The molecule has 1 saturated carbocycles. The van der Waals surface area contributed by atoms with Gasteiger partial charge in [-0.3, -0.25) is 4.79 Å². The lowest BCUT2D eigenvalue weighted by molar-refractivity contribution is -0.161. The second-order valence-corrected chi connectivity index (χ2v) is 8.26. The molecule has 28 heavy (non-hydrogen) atoms. The molecular weight excluding hydrogens is 354 g/mol. The minimum Gasteiger partial charge on any atom is -0.496 e. The van der Waals surface area contributed by atoms with Crippen molar-refractivity contribution >= 4 is 18.0 Å². The van der Waals surface area contributed by atoms with Crippen LogP contribution in [-0.4, -0.2) is 41.6 Å². The molecule has 1 amide bonds. The summed E-state index contributed by atoms with van der Waals surface area (Å²) in [4.78, 5) is 27.4. The Hall–Kier alpha value is -2.56. The molecule has 1 aliphatic carbocycles. The van der Waals surface area contributed by atoms with Gasteiger partial charge in [0.1, 0.15) is 0 Å². The van der Waals surface area contributed by atoms with Crippen LogP contribution >= 0.6 is 0 Å². The lowest BCUT2D eigenvalue weighted by Crippen LogP contribution is -2.63. The van der Waals surface area contributed by atoms with E-state index in [1.54, 1.807) is 7.11 Å². The van der Waals surface area contributed by atoms with E-state index in [2.05, 4.69) is 18.2 Å². The summed E-state index contributed by atoms with van der Waals surface area (Å²) in [7, 11) is 1.59. The van der Waals surface area contributed by atoms with Gasteiger partial charge in [-0.2, -0.15) is 0 Å². The number of amides is 1. The van der Waals surface area contributed by atoms with Crippen LogP contribution in [0.4, 0.5) is 0 Å². The van der Waals surface area contributed by atoms with Crippen LogP contribution in [0, 0.1) is 5.92 Å². The average Bonchev–Trinajstić information content (AvgIpc) is 3.25. The van der Waals surface area contributed by atoms with Crippen LogP contribution in [-0.2, 0) is 19.1 Å². The van der Waals surface area contributed by atoms with Crippen LogP contribution in [0.15, 0.2) is 47.7 Å². The molecule has 4 aliphatic rings. The summed E-state index contributed by atoms with van der Waals surface area (Å²) < 4.78 is 11.9. The monoisotopic (exact) mass is 379 g/mol. The first-order valence-corrected chi connectivity index (χ1v) is 10.2. The van der Waals surface area contributed by atoms with Gasteiger partial charge in [-0.1, -0.05) is 42.8 Å². The van der Waals surface area contributed by atoms with Crippen molar-refractivity contribution < 1.29 is 19.1 Å². The quantitative estimate of drug-likeness (QED) is 0.739. The predicted molar refractivity (Wildman–Crippen MR) is 104 cm³/mol. The molecule has 5 nitrogen and oxygen atoms in total. The van der Waals surface area contributed by atoms with E-state index >= 15 is 0 Å². The summed E-state index contributed by atoms with van der Waals surface area (Å²) in [5, 5.41) is 0. The van der Waals surface area contributed by atoms with E-state index in [0.29, 0.717) is 18.6 Å². The van der Waals surface area contributed by atoms with Crippen LogP contribution in [0.1, 0.15) is 44.1 Å². The van der Waals surface area contributed by atoms with Gasteiger partial charge in [-0.05, 0) is 42.7 Å². The molecule has 0 unspecified atom stereocenters. The van der Waals surface area contributed by atoms with Gasteiger partial charge < -0.3 is 14.4 Å². The standard InChI is InChI=1S/C23H25NO4/c1-27-19-15-21(26)28-23(19)18(13-16-7-3-2-4-8-16)14-17-9-5-6-12-24-20(25)10-11-22(17,23)24/h2-4,7-8,13,15,17H,5-6,9-12,14H2,1H3/b18-13+/t17-,22+,23-/m0/s1. The van der Waals surface area contributed by atoms with E-state index in [4.69, 9.17) is 9.47 Å². The first kappa shape index (κ1) is 17.5. The Balaban J connectivity index is 1.75. The molecule has 1 aromatic rings. The largest absolute Gasteiger partial charge is 0.496 e. The number of rotatable bonds is 2. The number of esters is 1. The lowest BCUT2D eigenvalue weighted by Gasteiger charge is -2.48. The van der Waals surface area contributed by atoms with Gasteiger partial charge in [0.15, 0.2) is 5.76 Å². The second-order valence-electron chi connectivity index (χ2n) is 8.26. The number of benzene rings is 1. The fraction of sp³-hybridized carbons (Fsp3) is 0.478. The molecule has 0 aromatic heterocycles. The number of methoxy groups -OCH3 is 1. The highest BCUT2D eigenvalue weighted by atomic mass is 16.6. The van der Waals surface area contributed by atoms with Crippen molar-refractivity contribution in [3.8, 4) is 0 Å². The third-order valence-electron chi connectivity index (χ3n) is 7.10. The zero-order chi connectivity index (χ0) is 19.4. The minimum atomic E-state index is -1.00. The summed E-state index contributed by atoms with van der Waals surface area (Å²) in [5.74, 6) is 0.602. The Morgan fingerprint density at radius 1 is 1.21 bits per heavy atom. The molecule has 0 N–H and O–H groups in total. The molecule has 5 rings (SSSR count). The Morgan fingerprint density at radius 2 is 2.04 bits per heavy atom. The molecule has 0 radical (unpaired) electrons. The molecule has 3 atom stereocenters. The maximum atomic E-state index is 12.9. The van der Waals surface area contributed by atoms with Gasteiger partial charge in [0, 0.05) is 13.0 Å². The molecule has 146 valence electrons. The number of hydrogen-bond acceptors (Lipinski definition) is 4. The second kappa shape index (κ2) is 6.23. The zero-order valence-electron chi connectivity index (χ0n) is 16.1. The fourth-order valence-corrected chi connectivity index (χ4v) is 6.13. The summed E-state index contributed by atoms with van der Waals surface area (Å²) in [6.45, 7) is 0.726. The predicted octanol–water partition coefficient (Wildman–Crippen LogP) is 3.46. The molecule has 5 heteroatoms. The van der Waals surface area contributed by atoms with E-state index in [9.17, 15) is 9.59 Å². The van der Waals surface area contributed by atoms with Gasteiger partial charge in [0.2, 0.25) is 11.5 Å². The highest BCUT2D eigenvalue weighted by Crippen LogP contribution is 2.64. The topological polar surface area (TPSA) is 55.8 Å². The van der Waals surface area contributed by atoms with Gasteiger partial charge in [-0.15, -0.1) is 0 Å². The zero-order valence-corrected chi connectivity index (χ0v) is 16.1. The molecule has 3 heterocycles. The highest BCUT2D eigenvalue weighted by Gasteiger charge is 2.74. The van der Waals surface area contributed by atoms with Crippen molar-refractivity contribution in [3.05, 3.63) is 53.3 Å². The Morgan fingerprint density at radius 3 is 2.82 bits per heavy atom. The summed E-state index contributed by atoms with van der Waals surface area (Å²) in [6, 6.07) is 10.1. The van der Waals surface area contributed by atoms with Crippen LogP contribution < -0.4 is 0 Å². The fourth-order valence-electron chi connectivity index (χ4n) is 6.13. The normalized spacial score (nSPS) is 35.6. The summed E-state index contributed by atoms with van der Waals surface area (Å²) >= 11 is 0. The van der Waals surface area contributed by atoms with E-state index in [1.807, 2.05) is 23.1 Å². The number of hydrogen-bond donors (Lipinski definition) is 0. The summed E-state index contributed by atoms with van der Waals surface area (Å²) in [6.07, 6.45) is 8.75. The number of carbonyl (C=O) groups excluding carboxylic acids is 2. The van der Waals surface area contributed by atoms with Crippen LogP contribution in [0.5, 0.6) is 0 Å². The number of ether oxygens (including phenoxy) is 2. The third kappa shape index (κ3) is 2.13. The number of nitrogens with zero attached hydrogens (tertiary/aromatic N) is 1. The van der Waals surface area contributed by atoms with E-state index in [-0.39, 0.29) is 17.8 Å². The van der Waals surface area contributed by atoms with Crippen molar-refractivity contribution in [1.29, 1.82) is 0 Å². The Bertz CT molecular complexity index is 889. The lowest BCUT2D eigenvalue weighted by atomic mass is 9.72. The summed E-state index contributed by atoms with van der Waals surface area (Å²) in [5.41, 5.74) is 0.577. The SMILES string of the molecule is COC1=CC(=O)O[C@@]12/C(=C/c1ccccc1)C[C@@H]1CCCCN3C(=O)CC[C@]132. The average molecular weight is 379 g/mol. The Kier molecular flexibility index (Phi) is 3.90. The van der Waals surface area contributed by atoms with Gasteiger partial charge in [-0.25, -0.2) is 4.79 Å². The van der Waals surface area contributed by atoms with Crippen LogP contribution in [0.25, 0.3) is 6.08 Å². The van der Waals surface area contributed by atoms with Crippen molar-refractivity contribution in [2.24, 2.45) is 5.92 Å². The van der Waals surface area contributed by atoms with E-state index in [0.717, 1.165) is 43.4 Å². The van der Waals surface area contributed by atoms with Crippen molar-refractivity contribution in [2.45, 2.75) is 49.7 Å². The smallest absolute Gasteiger partial charge is 0.335 e. The van der Waals surface area contributed by atoms with Crippen LogP contribution in [0.3, 0.4) is 0 Å². The third-order valence-corrected chi connectivity index (χ3v) is 7.10. The van der Waals surface area contributed by atoms with Crippen LogP contribution in [0.2, 0.25) is 0 Å². The van der Waals surface area contributed by atoms with Crippen molar-refractivity contribution in [1.82, 2.24) is 4.90 Å². The van der Waals surface area contributed by atoms with Crippen molar-refractivity contribution in [2.75, 3.05) is 13.7 Å². The Labute approximate surface area is 165 Å². The number of carbonyl (C=O) groups is 2. The highest BCUT2D eigenvalue weighted by molar-refractivity contribution is 5.90. The molecular formula is C23H25NO4. The van der Waals surface area contributed by atoms with Crippen molar-refractivity contribution in [3.63, 3.8) is 0 Å². The molecule has 3 fully saturated rings. The van der Waals surface area contributed by atoms with E-state index in [1.165, 1.54) is 6.08 Å². The van der Waals surface area contributed by atoms with Gasteiger partial charge in [0.05, 0.1) is 18.7 Å². The molecule has 2 saturated heterocycles. The maximum Gasteiger partial charge on any atom is 0.335 e.